The first-order valence-corrected chi connectivity index (χ1v) is 11.6. The van der Waals surface area contributed by atoms with Crippen LogP contribution in [0.4, 0.5) is 10.5 Å². The van der Waals surface area contributed by atoms with Crippen LogP contribution in [0.5, 0.6) is 0 Å². The number of carbonyl (C=O) groups is 3. The fourth-order valence-corrected chi connectivity index (χ4v) is 4.48. The molecule has 3 aromatic rings. The summed E-state index contributed by atoms with van der Waals surface area (Å²) in [6.45, 7) is 4.01. The molecule has 3 aromatic carbocycles. The number of carboxylic acids is 1. The van der Waals surface area contributed by atoms with Crippen molar-refractivity contribution in [1.82, 2.24) is 5.32 Å². The summed E-state index contributed by atoms with van der Waals surface area (Å²) < 4.78 is 5.59. The molecule has 0 bridgehead atoms. The highest BCUT2D eigenvalue weighted by Gasteiger charge is 2.30. The van der Waals surface area contributed by atoms with Crippen molar-refractivity contribution in [3.8, 4) is 11.1 Å². The summed E-state index contributed by atoms with van der Waals surface area (Å²) in [5.41, 5.74) is 4.61. The smallest absolute Gasteiger partial charge is 0.407 e. The average Bonchev–Trinajstić information content (AvgIpc) is 3.16. The van der Waals surface area contributed by atoms with Crippen LogP contribution < -0.4 is 10.6 Å². The molecule has 3 N–H and O–H groups in total. The summed E-state index contributed by atoms with van der Waals surface area (Å²) in [5.74, 6) is -1.63. The second kappa shape index (κ2) is 10.4. The third-order valence-electron chi connectivity index (χ3n) is 6.07. The van der Waals surface area contributed by atoms with Gasteiger partial charge in [-0.2, -0.15) is 0 Å². The number of carboxylic acid groups (broad SMARTS) is 1. The molecule has 7 nitrogen and oxygen atoms in total. The van der Waals surface area contributed by atoms with E-state index in [0.29, 0.717) is 6.42 Å². The summed E-state index contributed by atoms with van der Waals surface area (Å²) in [7, 11) is 0. The summed E-state index contributed by atoms with van der Waals surface area (Å²) >= 11 is 0. The fraction of sp³-hybridized carbons (Fsp3) is 0.250. The zero-order valence-corrected chi connectivity index (χ0v) is 19.7. The Morgan fingerprint density at radius 2 is 1.46 bits per heavy atom. The molecular weight excluding hydrogens is 444 g/mol. The first-order valence-electron chi connectivity index (χ1n) is 11.6. The van der Waals surface area contributed by atoms with Crippen LogP contribution in [-0.2, 0) is 9.53 Å². The number of nitrogens with one attached hydrogen (secondary N) is 2. The number of benzene rings is 3. The Kier molecular flexibility index (Phi) is 7.15. The number of fused-ring (bicyclic) bond motifs is 3. The van der Waals surface area contributed by atoms with Gasteiger partial charge in [0.2, 0.25) is 5.91 Å². The Morgan fingerprint density at radius 3 is 2.06 bits per heavy atom. The maximum atomic E-state index is 13.0. The van der Waals surface area contributed by atoms with Crippen LogP contribution in [-0.4, -0.2) is 35.7 Å². The standard InChI is InChI=1S/C28H28N2O5/c1-17(2)15-25(26(31)29-24-14-8-7-13-22(24)27(32)33)30-28(34)35-16-23-20-11-5-3-9-18(20)19-10-4-6-12-21(19)23/h3-14,17,23,25H,15-16H2,1-2H3,(H,29,31)(H,30,34)(H,32,33)/t25-/m1/s1. The molecule has 0 unspecified atom stereocenters. The number of amides is 2. The Morgan fingerprint density at radius 1 is 0.886 bits per heavy atom. The van der Waals surface area contributed by atoms with Crippen LogP contribution in [0.25, 0.3) is 11.1 Å². The molecule has 0 saturated carbocycles. The van der Waals surface area contributed by atoms with Crippen LogP contribution in [0, 0.1) is 5.92 Å². The maximum absolute atomic E-state index is 13.0. The lowest BCUT2D eigenvalue weighted by molar-refractivity contribution is -0.118. The monoisotopic (exact) mass is 472 g/mol. The molecular formula is C28H28N2O5. The molecule has 7 heteroatoms. The van der Waals surface area contributed by atoms with E-state index in [1.807, 2.05) is 50.2 Å². The Bertz CT molecular complexity index is 1210. The molecule has 35 heavy (non-hydrogen) atoms. The van der Waals surface area contributed by atoms with Crippen molar-refractivity contribution >= 4 is 23.7 Å². The number of para-hydroxylation sites is 1. The SMILES string of the molecule is CC(C)C[C@@H](NC(=O)OCC1c2ccccc2-c2ccccc21)C(=O)Nc1ccccc1C(=O)O. The van der Waals surface area contributed by atoms with Crippen LogP contribution in [0.2, 0.25) is 0 Å². The summed E-state index contributed by atoms with van der Waals surface area (Å²) in [4.78, 5) is 37.2. The van der Waals surface area contributed by atoms with E-state index in [2.05, 4.69) is 22.8 Å². The normalized spacial score (nSPS) is 13.0. The molecule has 0 fully saturated rings. The van der Waals surface area contributed by atoms with Gasteiger partial charge in [-0.05, 0) is 46.7 Å². The molecule has 2 amide bonds. The summed E-state index contributed by atoms with van der Waals surface area (Å²) in [6, 6.07) is 21.4. The first-order chi connectivity index (χ1) is 16.8. The number of rotatable bonds is 8. The molecule has 180 valence electrons. The molecule has 0 saturated heterocycles. The first kappa shape index (κ1) is 24.0. The molecule has 0 aromatic heterocycles. The van der Waals surface area contributed by atoms with Crippen molar-refractivity contribution in [2.24, 2.45) is 5.92 Å². The van der Waals surface area contributed by atoms with E-state index in [0.717, 1.165) is 22.3 Å². The highest BCUT2D eigenvalue weighted by Crippen LogP contribution is 2.44. The van der Waals surface area contributed by atoms with E-state index >= 15 is 0 Å². The highest BCUT2D eigenvalue weighted by molar-refractivity contribution is 6.02. The number of hydrogen-bond donors (Lipinski definition) is 3. The van der Waals surface area contributed by atoms with Gasteiger partial charge in [-0.3, -0.25) is 4.79 Å². The van der Waals surface area contributed by atoms with E-state index in [9.17, 15) is 19.5 Å². The van der Waals surface area contributed by atoms with Crippen molar-refractivity contribution in [3.05, 3.63) is 89.5 Å². The van der Waals surface area contributed by atoms with Crippen LogP contribution in [0.1, 0.15) is 47.7 Å². The van der Waals surface area contributed by atoms with Gasteiger partial charge in [-0.15, -0.1) is 0 Å². The van der Waals surface area contributed by atoms with Gasteiger partial charge in [0.1, 0.15) is 12.6 Å². The van der Waals surface area contributed by atoms with Crippen molar-refractivity contribution < 1.29 is 24.2 Å². The molecule has 0 aliphatic heterocycles. The zero-order valence-electron chi connectivity index (χ0n) is 19.7. The van der Waals surface area contributed by atoms with E-state index in [4.69, 9.17) is 4.74 Å². The van der Waals surface area contributed by atoms with Gasteiger partial charge in [0.25, 0.3) is 0 Å². The van der Waals surface area contributed by atoms with Gasteiger partial charge < -0.3 is 20.5 Å². The molecule has 0 heterocycles. The molecule has 0 spiro atoms. The van der Waals surface area contributed by atoms with Crippen LogP contribution >= 0.6 is 0 Å². The Labute approximate surface area is 204 Å². The quantitative estimate of drug-likeness (QED) is 0.414. The zero-order chi connectivity index (χ0) is 24.9. The minimum Gasteiger partial charge on any atom is -0.478 e. The molecule has 1 atom stereocenters. The van der Waals surface area contributed by atoms with Gasteiger partial charge >= 0.3 is 12.1 Å². The highest BCUT2D eigenvalue weighted by atomic mass is 16.5. The Balaban J connectivity index is 1.44. The second-order valence-electron chi connectivity index (χ2n) is 8.99. The van der Waals surface area contributed by atoms with Gasteiger partial charge in [0.15, 0.2) is 0 Å². The third-order valence-corrected chi connectivity index (χ3v) is 6.07. The minimum atomic E-state index is -1.15. The second-order valence-corrected chi connectivity index (χ2v) is 8.99. The molecule has 1 aliphatic rings. The van der Waals surface area contributed by atoms with E-state index in [1.54, 1.807) is 12.1 Å². The number of alkyl carbamates (subject to hydrolysis) is 1. The van der Waals surface area contributed by atoms with Gasteiger partial charge in [0, 0.05) is 5.92 Å². The van der Waals surface area contributed by atoms with E-state index in [1.165, 1.54) is 12.1 Å². The van der Waals surface area contributed by atoms with Crippen molar-refractivity contribution in [1.29, 1.82) is 0 Å². The number of hydrogen-bond acceptors (Lipinski definition) is 4. The largest absolute Gasteiger partial charge is 0.478 e. The number of carbonyl (C=O) groups excluding carboxylic acids is 2. The van der Waals surface area contributed by atoms with Crippen molar-refractivity contribution in [2.75, 3.05) is 11.9 Å². The lowest BCUT2D eigenvalue weighted by Gasteiger charge is -2.21. The van der Waals surface area contributed by atoms with E-state index in [-0.39, 0.29) is 29.7 Å². The lowest BCUT2D eigenvalue weighted by Crippen LogP contribution is -2.45. The lowest BCUT2D eigenvalue weighted by atomic mass is 9.98. The third kappa shape index (κ3) is 5.35. The minimum absolute atomic E-state index is 0.0229. The number of anilines is 1. The predicted molar refractivity (Wildman–Crippen MR) is 133 cm³/mol. The fourth-order valence-electron chi connectivity index (χ4n) is 4.48. The molecule has 0 radical (unpaired) electrons. The van der Waals surface area contributed by atoms with Crippen LogP contribution in [0.15, 0.2) is 72.8 Å². The molecule has 1 aliphatic carbocycles. The Hall–Kier alpha value is -4.13. The summed E-state index contributed by atoms with van der Waals surface area (Å²) in [5, 5.41) is 14.7. The average molecular weight is 473 g/mol. The number of ether oxygens (including phenoxy) is 1. The van der Waals surface area contributed by atoms with Gasteiger partial charge in [0.05, 0.1) is 11.3 Å². The predicted octanol–water partition coefficient (Wildman–Crippen LogP) is 5.28. The molecule has 4 rings (SSSR count). The van der Waals surface area contributed by atoms with Gasteiger partial charge in [-0.1, -0.05) is 74.5 Å². The summed E-state index contributed by atoms with van der Waals surface area (Å²) in [6.07, 6.45) is -0.329. The number of aromatic carboxylic acids is 1. The van der Waals surface area contributed by atoms with Gasteiger partial charge in [-0.25, -0.2) is 9.59 Å². The van der Waals surface area contributed by atoms with E-state index < -0.39 is 24.0 Å². The van der Waals surface area contributed by atoms with Crippen molar-refractivity contribution in [3.63, 3.8) is 0 Å². The van der Waals surface area contributed by atoms with Crippen molar-refractivity contribution in [2.45, 2.75) is 32.2 Å². The topological polar surface area (TPSA) is 105 Å². The maximum Gasteiger partial charge on any atom is 0.407 e. The van der Waals surface area contributed by atoms with Crippen LogP contribution in [0.3, 0.4) is 0 Å².